The van der Waals surface area contributed by atoms with Gasteiger partial charge < -0.3 is 10.4 Å². The Balaban J connectivity index is 2.59. The fourth-order valence-electron chi connectivity index (χ4n) is 1.68. The summed E-state index contributed by atoms with van der Waals surface area (Å²) in [5.74, 6) is -0.840. The molecule has 0 amide bonds. The second-order valence-electron chi connectivity index (χ2n) is 4.04. The molecule has 3 nitrogen and oxygen atoms in total. The van der Waals surface area contributed by atoms with Crippen molar-refractivity contribution in [3.8, 4) is 0 Å². The first-order valence-corrected chi connectivity index (χ1v) is 6.75. The number of carboxylic acids is 1. The van der Waals surface area contributed by atoms with Crippen molar-refractivity contribution < 1.29 is 9.90 Å². The molecule has 2 N–H and O–H groups in total. The number of rotatable bonds is 6. The molecule has 0 saturated heterocycles. The molecular formula is C14H18BrNO2. The van der Waals surface area contributed by atoms with Gasteiger partial charge in [-0.3, -0.25) is 0 Å². The van der Waals surface area contributed by atoms with E-state index in [2.05, 4.69) is 28.2 Å². The summed E-state index contributed by atoms with van der Waals surface area (Å²) in [6.45, 7) is 4.45. The third kappa shape index (κ3) is 4.27. The molecule has 0 heterocycles. The summed E-state index contributed by atoms with van der Waals surface area (Å²) in [5.41, 5.74) is 1.61. The van der Waals surface area contributed by atoms with Crippen LogP contribution in [0, 0.1) is 0 Å². The fourth-order valence-corrected chi connectivity index (χ4v) is 2.31. The minimum absolute atomic E-state index is 0.170. The summed E-state index contributed by atoms with van der Waals surface area (Å²) in [4.78, 5) is 10.8. The Hall–Kier alpha value is -1.13. The zero-order valence-corrected chi connectivity index (χ0v) is 12.2. The zero-order valence-electron chi connectivity index (χ0n) is 10.6. The molecule has 0 fully saturated rings. The number of aliphatic carboxylic acids is 1. The average Bonchev–Trinajstić information content (AvgIpc) is 2.34. The Bertz CT molecular complexity index is 443. The molecule has 1 aromatic carbocycles. The molecule has 0 saturated carbocycles. The van der Waals surface area contributed by atoms with Gasteiger partial charge in [-0.1, -0.05) is 47.1 Å². The maximum absolute atomic E-state index is 10.8. The van der Waals surface area contributed by atoms with Gasteiger partial charge in [-0.15, -0.1) is 0 Å². The number of benzene rings is 1. The lowest BCUT2D eigenvalue weighted by Gasteiger charge is -2.14. The number of hydrogen-bond acceptors (Lipinski definition) is 2. The van der Waals surface area contributed by atoms with Gasteiger partial charge in [-0.2, -0.15) is 0 Å². The molecule has 0 aromatic heterocycles. The van der Waals surface area contributed by atoms with E-state index in [1.807, 2.05) is 31.2 Å². The standard InChI is InChI=1S/C14H18BrNO2/c1-3-11(14(17)18)8-9-16-10(2)12-6-4-5-7-13(12)15/h4-8,10,16H,3,9H2,1-2H3,(H,17,18)/b11-8-/t10-/m1/s1. The van der Waals surface area contributed by atoms with Gasteiger partial charge in [0.15, 0.2) is 0 Å². The molecule has 1 rings (SSSR count). The third-order valence-corrected chi connectivity index (χ3v) is 3.52. The quantitative estimate of drug-likeness (QED) is 0.790. The van der Waals surface area contributed by atoms with Gasteiger partial charge >= 0.3 is 5.97 Å². The van der Waals surface area contributed by atoms with E-state index in [0.29, 0.717) is 18.5 Å². The fraction of sp³-hybridized carbons (Fsp3) is 0.357. The van der Waals surface area contributed by atoms with Crippen LogP contribution in [0.25, 0.3) is 0 Å². The Kier molecular flexibility index (Phi) is 6.09. The van der Waals surface area contributed by atoms with E-state index in [9.17, 15) is 4.79 Å². The average molecular weight is 312 g/mol. The molecule has 0 radical (unpaired) electrons. The van der Waals surface area contributed by atoms with Gasteiger partial charge in [0.1, 0.15) is 0 Å². The largest absolute Gasteiger partial charge is 0.478 e. The van der Waals surface area contributed by atoms with Gasteiger partial charge in [-0.25, -0.2) is 4.79 Å². The molecule has 0 bridgehead atoms. The van der Waals surface area contributed by atoms with E-state index >= 15 is 0 Å². The van der Waals surface area contributed by atoms with Crippen LogP contribution in [0.4, 0.5) is 0 Å². The summed E-state index contributed by atoms with van der Waals surface area (Å²) in [7, 11) is 0. The van der Waals surface area contributed by atoms with Gasteiger partial charge in [0, 0.05) is 22.6 Å². The van der Waals surface area contributed by atoms with Gasteiger partial charge in [0.05, 0.1) is 0 Å². The Labute approximate surface area is 116 Å². The number of hydrogen-bond donors (Lipinski definition) is 2. The highest BCUT2D eigenvalue weighted by molar-refractivity contribution is 9.10. The third-order valence-electron chi connectivity index (χ3n) is 2.80. The van der Waals surface area contributed by atoms with E-state index in [0.717, 1.165) is 4.47 Å². The molecule has 0 unspecified atom stereocenters. The van der Waals surface area contributed by atoms with Crippen molar-refractivity contribution in [3.05, 3.63) is 46.0 Å². The van der Waals surface area contributed by atoms with E-state index < -0.39 is 5.97 Å². The molecule has 0 aliphatic carbocycles. The monoisotopic (exact) mass is 311 g/mol. The Morgan fingerprint density at radius 1 is 1.50 bits per heavy atom. The van der Waals surface area contributed by atoms with Crippen LogP contribution in [-0.4, -0.2) is 17.6 Å². The van der Waals surface area contributed by atoms with Crippen LogP contribution in [0.1, 0.15) is 31.9 Å². The van der Waals surface area contributed by atoms with Gasteiger partial charge in [-0.05, 0) is 25.0 Å². The van der Waals surface area contributed by atoms with Crippen molar-refractivity contribution in [2.75, 3.05) is 6.54 Å². The van der Waals surface area contributed by atoms with Crippen molar-refractivity contribution in [2.24, 2.45) is 0 Å². The zero-order chi connectivity index (χ0) is 13.5. The molecule has 0 aliphatic rings. The van der Waals surface area contributed by atoms with E-state index in [1.165, 1.54) is 5.56 Å². The number of carboxylic acid groups (broad SMARTS) is 1. The van der Waals surface area contributed by atoms with Crippen molar-refractivity contribution in [3.63, 3.8) is 0 Å². The number of halogens is 1. The predicted molar refractivity (Wildman–Crippen MR) is 76.6 cm³/mol. The first-order chi connectivity index (χ1) is 8.56. The van der Waals surface area contributed by atoms with Crippen LogP contribution in [0.2, 0.25) is 0 Å². The molecule has 1 aromatic rings. The minimum Gasteiger partial charge on any atom is -0.478 e. The highest BCUT2D eigenvalue weighted by Crippen LogP contribution is 2.22. The summed E-state index contributed by atoms with van der Waals surface area (Å²) in [5, 5.41) is 12.2. The lowest BCUT2D eigenvalue weighted by molar-refractivity contribution is -0.132. The first kappa shape index (κ1) is 14.9. The molecule has 18 heavy (non-hydrogen) atoms. The van der Waals surface area contributed by atoms with Crippen molar-refractivity contribution >= 4 is 21.9 Å². The summed E-state index contributed by atoms with van der Waals surface area (Å²) in [6, 6.07) is 8.17. The maximum atomic E-state index is 10.8. The smallest absolute Gasteiger partial charge is 0.331 e. The highest BCUT2D eigenvalue weighted by Gasteiger charge is 2.08. The van der Waals surface area contributed by atoms with E-state index in [1.54, 1.807) is 6.08 Å². The first-order valence-electron chi connectivity index (χ1n) is 5.96. The molecule has 0 spiro atoms. The van der Waals surface area contributed by atoms with E-state index in [4.69, 9.17) is 5.11 Å². The summed E-state index contributed by atoms with van der Waals surface area (Å²) >= 11 is 3.51. The topological polar surface area (TPSA) is 49.3 Å². The molecule has 4 heteroatoms. The van der Waals surface area contributed by atoms with Crippen LogP contribution < -0.4 is 5.32 Å². The Morgan fingerprint density at radius 3 is 2.72 bits per heavy atom. The van der Waals surface area contributed by atoms with Crippen molar-refractivity contribution in [1.29, 1.82) is 0 Å². The minimum atomic E-state index is -0.840. The highest BCUT2D eigenvalue weighted by atomic mass is 79.9. The number of nitrogens with one attached hydrogen (secondary N) is 1. The van der Waals surface area contributed by atoms with Gasteiger partial charge in [0.2, 0.25) is 0 Å². The summed E-state index contributed by atoms with van der Waals surface area (Å²) in [6.07, 6.45) is 2.27. The Morgan fingerprint density at radius 2 is 2.17 bits per heavy atom. The summed E-state index contributed by atoms with van der Waals surface area (Å²) < 4.78 is 1.06. The van der Waals surface area contributed by atoms with Crippen LogP contribution >= 0.6 is 15.9 Å². The lowest BCUT2D eigenvalue weighted by atomic mass is 10.1. The second-order valence-corrected chi connectivity index (χ2v) is 4.89. The molecule has 98 valence electrons. The second kappa shape index (κ2) is 7.34. The van der Waals surface area contributed by atoms with E-state index in [-0.39, 0.29) is 6.04 Å². The van der Waals surface area contributed by atoms with Crippen LogP contribution in [0.3, 0.4) is 0 Å². The van der Waals surface area contributed by atoms with Crippen molar-refractivity contribution in [1.82, 2.24) is 5.32 Å². The molecule has 1 atom stereocenters. The number of carbonyl (C=O) groups is 1. The lowest BCUT2D eigenvalue weighted by Crippen LogP contribution is -2.19. The molecule has 0 aliphatic heterocycles. The van der Waals surface area contributed by atoms with Crippen LogP contribution in [0.15, 0.2) is 40.4 Å². The normalized spacial score (nSPS) is 13.4. The van der Waals surface area contributed by atoms with Crippen LogP contribution in [-0.2, 0) is 4.79 Å². The predicted octanol–water partition coefficient (Wildman–Crippen LogP) is 3.52. The van der Waals surface area contributed by atoms with Gasteiger partial charge in [0.25, 0.3) is 0 Å². The molecular weight excluding hydrogens is 294 g/mol. The maximum Gasteiger partial charge on any atom is 0.331 e. The van der Waals surface area contributed by atoms with Crippen LogP contribution in [0.5, 0.6) is 0 Å². The SMILES string of the molecule is CC/C(=C/CN[C@H](C)c1ccccc1Br)C(=O)O. The van der Waals surface area contributed by atoms with Crippen molar-refractivity contribution in [2.45, 2.75) is 26.3 Å².